The first-order chi connectivity index (χ1) is 12.8. The SMILES string of the molecule is S=c1sc2c(Sc3nc4ccccc4s3)ncnc2n1-c1ccccc1. The molecule has 3 heterocycles. The molecule has 5 aromatic rings. The third-order valence-electron chi connectivity index (χ3n) is 3.81. The highest BCUT2D eigenvalue weighted by molar-refractivity contribution is 8.01. The maximum atomic E-state index is 5.60. The van der Waals surface area contributed by atoms with Crippen LogP contribution in [-0.2, 0) is 0 Å². The Balaban J connectivity index is 1.64. The largest absolute Gasteiger partial charge is 0.276 e. The smallest absolute Gasteiger partial charge is 0.168 e. The van der Waals surface area contributed by atoms with Crippen molar-refractivity contribution < 1.29 is 0 Å². The monoisotopic (exact) mass is 410 g/mol. The van der Waals surface area contributed by atoms with Gasteiger partial charge in [-0.05, 0) is 48.2 Å². The molecule has 0 atom stereocenters. The molecule has 0 amide bonds. The number of nitrogens with zero attached hydrogens (tertiary/aromatic N) is 4. The lowest BCUT2D eigenvalue weighted by molar-refractivity contribution is 1.04. The van der Waals surface area contributed by atoms with Gasteiger partial charge in [0.05, 0.1) is 10.2 Å². The summed E-state index contributed by atoms with van der Waals surface area (Å²) in [6, 6.07) is 18.2. The minimum absolute atomic E-state index is 0.762. The Labute approximate surface area is 166 Å². The minimum atomic E-state index is 0.762. The molecule has 0 aliphatic rings. The maximum absolute atomic E-state index is 5.60. The zero-order valence-corrected chi connectivity index (χ0v) is 16.5. The molecule has 0 spiro atoms. The summed E-state index contributed by atoms with van der Waals surface area (Å²) < 4.78 is 5.90. The van der Waals surface area contributed by atoms with Crippen LogP contribution in [0.5, 0.6) is 0 Å². The second-order valence-electron chi connectivity index (χ2n) is 5.42. The molecule has 0 saturated heterocycles. The van der Waals surface area contributed by atoms with Crippen LogP contribution >= 0.6 is 46.7 Å². The molecule has 126 valence electrons. The average Bonchev–Trinajstić information content (AvgIpc) is 3.22. The van der Waals surface area contributed by atoms with Gasteiger partial charge in [-0.15, -0.1) is 11.3 Å². The van der Waals surface area contributed by atoms with E-state index in [4.69, 9.17) is 17.2 Å². The molecule has 2 aromatic carbocycles. The van der Waals surface area contributed by atoms with E-state index < -0.39 is 0 Å². The van der Waals surface area contributed by atoms with Crippen LogP contribution in [0.25, 0.3) is 26.3 Å². The van der Waals surface area contributed by atoms with E-state index in [0.717, 1.165) is 34.9 Å². The third kappa shape index (κ3) is 2.75. The van der Waals surface area contributed by atoms with Crippen molar-refractivity contribution in [3.8, 4) is 5.69 Å². The van der Waals surface area contributed by atoms with E-state index in [1.807, 2.05) is 53.1 Å². The molecule has 0 fully saturated rings. The van der Waals surface area contributed by atoms with Gasteiger partial charge in [-0.25, -0.2) is 15.0 Å². The van der Waals surface area contributed by atoms with Crippen molar-refractivity contribution in [2.45, 2.75) is 9.37 Å². The van der Waals surface area contributed by atoms with Crippen molar-refractivity contribution in [1.29, 1.82) is 0 Å². The van der Waals surface area contributed by atoms with Crippen LogP contribution in [0.15, 0.2) is 70.3 Å². The highest BCUT2D eigenvalue weighted by Crippen LogP contribution is 2.38. The van der Waals surface area contributed by atoms with Gasteiger partial charge in [0.1, 0.15) is 16.1 Å². The Hall–Kier alpha value is -2.13. The van der Waals surface area contributed by atoms with Gasteiger partial charge < -0.3 is 0 Å². The molecule has 0 aliphatic heterocycles. The number of hydrogen-bond donors (Lipinski definition) is 0. The first-order valence-electron chi connectivity index (χ1n) is 7.75. The first-order valence-corrected chi connectivity index (χ1v) is 10.6. The fraction of sp³-hybridized carbons (Fsp3) is 0. The molecule has 0 saturated carbocycles. The second kappa shape index (κ2) is 6.55. The van der Waals surface area contributed by atoms with Crippen LogP contribution in [0.1, 0.15) is 0 Å². The highest BCUT2D eigenvalue weighted by Gasteiger charge is 2.15. The van der Waals surface area contributed by atoms with E-state index in [1.54, 1.807) is 29.4 Å². The van der Waals surface area contributed by atoms with Crippen molar-refractivity contribution >= 4 is 67.2 Å². The summed E-state index contributed by atoms with van der Waals surface area (Å²) in [5, 5.41) is 0.889. The Morgan fingerprint density at radius 2 is 1.73 bits per heavy atom. The van der Waals surface area contributed by atoms with Gasteiger partial charge in [0, 0.05) is 5.69 Å². The summed E-state index contributed by atoms with van der Waals surface area (Å²) in [5.41, 5.74) is 2.86. The van der Waals surface area contributed by atoms with Gasteiger partial charge in [-0.1, -0.05) is 41.7 Å². The second-order valence-corrected chi connectivity index (χ2v) is 9.33. The van der Waals surface area contributed by atoms with E-state index in [2.05, 4.69) is 16.0 Å². The van der Waals surface area contributed by atoms with Gasteiger partial charge in [0.25, 0.3) is 0 Å². The van der Waals surface area contributed by atoms with E-state index in [0.29, 0.717) is 0 Å². The van der Waals surface area contributed by atoms with E-state index in [-0.39, 0.29) is 0 Å². The summed E-state index contributed by atoms with van der Waals surface area (Å²) in [6.45, 7) is 0. The zero-order valence-electron chi connectivity index (χ0n) is 13.2. The van der Waals surface area contributed by atoms with Crippen LogP contribution in [0.3, 0.4) is 0 Å². The first kappa shape index (κ1) is 16.1. The number of thiazole rings is 2. The fourth-order valence-corrected chi connectivity index (χ4v) is 6.16. The van der Waals surface area contributed by atoms with Crippen LogP contribution in [-0.4, -0.2) is 19.5 Å². The number of benzene rings is 2. The summed E-state index contributed by atoms with van der Waals surface area (Å²) >= 11 is 10.4. The standard InChI is InChI=1S/C18H10N4S4/c23-18-22(11-6-2-1-3-7-11)15-14(25-18)16(20-10-19-15)26-17-21-12-8-4-5-9-13(12)24-17/h1-10H. The Bertz CT molecular complexity index is 1250. The van der Waals surface area contributed by atoms with Crippen molar-refractivity contribution in [3.63, 3.8) is 0 Å². The van der Waals surface area contributed by atoms with Crippen molar-refractivity contribution in [1.82, 2.24) is 19.5 Å². The van der Waals surface area contributed by atoms with Crippen LogP contribution in [0.2, 0.25) is 0 Å². The number of fused-ring (bicyclic) bond motifs is 2. The molecule has 5 rings (SSSR count). The van der Waals surface area contributed by atoms with Crippen LogP contribution in [0, 0.1) is 3.95 Å². The molecule has 0 bridgehead atoms. The summed E-state index contributed by atoms with van der Waals surface area (Å²) in [7, 11) is 0. The molecule has 0 N–H and O–H groups in total. The van der Waals surface area contributed by atoms with E-state index in [1.165, 1.54) is 16.0 Å². The van der Waals surface area contributed by atoms with Gasteiger partial charge in [0.2, 0.25) is 0 Å². The molecule has 3 aromatic heterocycles. The molecule has 0 radical (unpaired) electrons. The Kier molecular flexibility index (Phi) is 4.05. The lowest BCUT2D eigenvalue weighted by Gasteiger charge is -2.04. The lowest BCUT2D eigenvalue weighted by atomic mass is 10.3. The summed E-state index contributed by atoms with van der Waals surface area (Å²) in [6.07, 6.45) is 1.60. The number of para-hydroxylation sites is 2. The molecule has 4 nitrogen and oxygen atoms in total. The normalized spacial score (nSPS) is 11.4. The Morgan fingerprint density at radius 1 is 0.923 bits per heavy atom. The van der Waals surface area contributed by atoms with E-state index >= 15 is 0 Å². The third-order valence-corrected chi connectivity index (χ3v) is 7.41. The Morgan fingerprint density at radius 3 is 2.58 bits per heavy atom. The molecule has 0 unspecified atom stereocenters. The van der Waals surface area contributed by atoms with Gasteiger partial charge in [-0.2, -0.15) is 0 Å². The quantitative estimate of drug-likeness (QED) is 0.271. The van der Waals surface area contributed by atoms with Crippen LogP contribution < -0.4 is 0 Å². The van der Waals surface area contributed by atoms with Crippen molar-refractivity contribution in [2.75, 3.05) is 0 Å². The van der Waals surface area contributed by atoms with Crippen LogP contribution in [0.4, 0.5) is 0 Å². The van der Waals surface area contributed by atoms with E-state index in [9.17, 15) is 0 Å². The van der Waals surface area contributed by atoms with Crippen molar-refractivity contribution in [2.24, 2.45) is 0 Å². The lowest BCUT2D eigenvalue weighted by Crippen LogP contribution is -1.95. The molecular weight excluding hydrogens is 400 g/mol. The highest BCUT2D eigenvalue weighted by atomic mass is 32.2. The van der Waals surface area contributed by atoms with Gasteiger partial charge >= 0.3 is 0 Å². The maximum Gasteiger partial charge on any atom is 0.168 e. The average molecular weight is 411 g/mol. The molecule has 26 heavy (non-hydrogen) atoms. The topological polar surface area (TPSA) is 43.6 Å². The van der Waals surface area contributed by atoms with Gasteiger partial charge in [-0.3, -0.25) is 4.57 Å². The molecular formula is C18H10N4S4. The summed E-state index contributed by atoms with van der Waals surface area (Å²) in [5.74, 6) is 0. The predicted octanol–water partition coefficient (Wildman–Crippen LogP) is 5.97. The number of aromatic nitrogens is 4. The number of hydrogen-bond acceptors (Lipinski definition) is 7. The van der Waals surface area contributed by atoms with Gasteiger partial charge in [0.15, 0.2) is 13.9 Å². The minimum Gasteiger partial charge on any atom is -0.276 e. The molecule has 0 aliphatic carbocycles. The number of rotatable bonds is 3. The summed E-state index contributed by atoms with van der Waals surface area (Å²) in [4.78, 5) is 13.7. The fourth-order valence-electron chi connectivity index (χ4n) is 2.67. The zero-order chi connectivity index (χ0) is 17.5. The predicted molar refractivity (Wildman–Crippen MR) is 111 cm³/mol. The molecule has 8 heteroatoms. The van der Waals surface area contributed by atoms with Crippen molar-refractivity contribution in [3.05, 3.63) is 64.9 Å².